The molecule has 1 atom stereocenters. The highest BCUT2D eigenvalue weighted by Gasteiger charge is 2.21. The van der Waals surface area contributed by atoms with Crippen molar-refractivity contribution in [2.24, 2.45) is 0 Å². The molecule has 3 rings (SSSR count). The Bertz CT molecular complexity index is 590. The van der Waals surface area contributed by atoms with Crippen molar-refractivity contribution in [3.63, 3.8) is 0 Å². The average molecular weight is 298 g/mol. The molecule has 4 heteroatoms. The number of nitrogens with one attached hydrogen (secondary N) is 1. The van der Waals surface area contributed by atoms with Gasteiger partial charge in [-0.25, -0.2) is 4.98 Å². The van der Waals surface area contributed by atoms with Gasteiger partial charge < -0.3 is 9.88 Å². The lowest BCUT2D eigenvalue weighted by Crippen LogP contribution is -2.34. The van der Waals surface area contributed by atoms with Crippen LogP contribution in [0.4, 0.5) is 0 Å². The summed E-state index contributed by atoms with van der Waals surface area (Å²) in [5.41, 5.74) is 3.82. The van der Waals surface area contributed by atoms with Crippen LogP contribution in [0.1, 0.15) is 23.4 Å². The van der Waals surface area contributed by atoms with Gasteiger partial charge in [-0.15, -0.1) is 0 Å². The SMILES string of the molecule is Cc1ncn(CCNC2CCN(Cc3ccccc3)C2)c1C. The van der Waals surface area contributed by atoms with Crippen molar-refractivity contribution in [3.8, 4) is 0 Å². The van der Waals surface area contributed by atoms with Crippen molar-refractivity contribution in [3.05, 3.63) is 53.6 Å². The van der Waals surface area contributed by atoms with Crippen molar-refractivity contribution >= 4 is 0 Å². The number of nitrogens with zero attached hydrogens (tertiary/aromatic N) is 3. The van der Waals surface area contributed by atoms with Crippen LogP contribution in [0.5, 0.6) is 0 Å². The Hall–Kier alpha value is -1.65. The molecule has 1 unspecified atom stereocenters. The zero-order valence-electron chi connectivity index (χ0n) is 13.6. The first kappa shape index (κ1) is 15.3. The summed E-state index contributed by atoms with van der Waals surface area (Å²) in [6, 6.07) is 11.4. The van der Waals surface area contributed by atoms with Crippen LogP contribution in [-0.2, 0) is 13.1 Å². The number of likely N-dealkylation sites (tertiary alicyclic amines) is 1. The molecule has 1 aliphatic rings. The maximum Gasteiger partial charge on any atom is 0.0951 e. The number of rotatable bonds is 6. The highest BCUT2D eigenvalue weighted by atomic mass is 15.2. The van der Waals surface area contributed by atoms with E-state index in [2.05, 4.69) is 63.9 Å². The van der Waals surface area contributed by atoms with E-state index in [1.807, 2.05) is 6.33 Å². The summed E-state index contributed by atoms with van der Waals surface area (Å²) in [6.07, 6.45) is 3.19. The lowest BCUT2D eigenvalue weighted by molar-refractivity contribution is 0.319. The molecule has 0 saturated carbocycles. The lowest BCUT2D eigenvalue weighted by Gasteiger charge is -2.17. The third-order valence-corrected chi connectivity index (χ3v) is 4.65. The highest BCUT2D eigenvalue weighted by molar-refractivity contribution is 5.14. The smallest absolute Gasteiger partial charge is 0.0951 e. The maximum absolute atomic E-state index is 4.35. The summed E-state index contributed by atoms with van der Waals surface area (Å²) in [5.74, 6) is 0. The Morgan fingerprint density at radius 1 is 1.23 bits per heavy atom. The van der Waals surface area contributed by atoms with Gasteiger partial charge >= 0.3 is 0 Å². The molecular formula is C18H26N4. The Labute approximate surface area is 133 Å². The summed E-state index contributed by atoms with van der Waals surface area (Å²) < 4.78 is 2.24. The third-order valence-electron chi connectivity index (χ3n) is 4.65. The highest BCUT2D eigenvalue weighted by Crippen LogP contribution is 2.13. The molecule has 0 bridgehead atoms. The molecule has 1 aromatic heterocycles. The van der Waals surface area contributed by atoms with Crippen molar-refractivity contribution in [1.82, 2.24) is 19.8 Å². The molecular weight excluding hydrogens is 272 g/mol. The van der Waals surface area contributed by atoms with Crippen LogP contribution in [-0.4, -0.2) is 40.1 Å². The second kappa shape index (κ2) is 7.07. The zero-order chi connectivity index (χ0) is 15.4. The standard InChI is InChI=1S/C18H26N4/c1-15-16(2)22(14-20-15)11-9-19-18-8-10-21(13-18)12-17-6-4-3-5-7-17/h3-7,14,18-19H,8-13H2,1-2H3. The minimum atomic E-state index is 0.619. The minimum Gasteiger partial charge on any atom is -0.333 e. The molecule has 22 heavy (non-hydrogen) atoms. The van der Waals surface area contributed by atoms with Gasteiger partial charge in [-0.1, -0.05) is 30.3 Å². The quantitative estimate of drug-likeness (QED) is 0.889. The van der Waals surface area contributed by atoms with Crippen LogP contribution < -0.4 is 5.32 Å². The van der Waals surface area contributed by atoms with Gasteiger partial charge in [-0.05, 0) is 25.8 Å². The number of aromatic nitrogens is 2. The van der Waals surface area contributed by atoms with Gasteiger partial charge in [-0.2, -0.15) is 0 Å². The fraction of sp³-hybridized carbons (Fsp3) is 0.500. The number of hydrogen-bond donors (Lipinski definition) is 1. The largest absolute Gasteiger partial charge is 0.333 e. The summed E-state index contributed by atoms with van der Waals surface area (Å²) in [7, 11) is 0. The van der Waals surface area contributed by atoms with E-state index in [1.165, 1.54) is 24.2 Å². The summed E-state index contributed by atoms with van der Waals surface area (Å²) >= 11 is 0. The van der Waals surface area contributed by atoms with E-state index >= 15 is 0 Å². The van der Waals surface area contributed by atoms with Crippen LogP contribution in [0.3, 0.4) is 0 Å². The Kier molecular flexibility index (Phi) is 4.90. The summed E-state index contributed by atoms with van der Waals surface area (Å²) in [6.45, 7) is 9.63. The molecule has 0 aliphatic carbocycles. The van der Waals surface area contributed by atoms with Gasteiger partial charge in [0.15, 0.2) is 0 Å². The van der Waals surface area contributed by atoms with Gasteiger partial charge in [0.25, 0.3) is 0 Å². The normalized spacial score (nSPS) is 18.9. The number of hydrogen-bond acceptors (Lipinski definition) is 3. The van der Waals surface area contributed by atoms with E-state index in [-0.39, 0.29) is 0 Å². The predicted molar refractivity (Wildman–Crippen MR) is 89.8 cm³/mol. The second-order valence-electron chi connectivity index (χ2n) is 6.27. The average Bonchev–Trinajstić information content (AvgIpc) is 3.10. The molecule has 1 saturated heterocycles. The van der Waals surface area contributed by atoms with E-state index in [1.54, 1.807) is 0 Å². The van der Waals surface area contributed by atoms with E-state index in [0.29, 0.717) is 6.04 Å². The molecule has 2 aromatic rings. The fourth-order valence-corrected chi connectivity index (χ4v) is 3.14. The zero-order valence-corrected chi connectivity index (χ0v) is 13.6. The van der Waals surface area contributed by atoms with Gasteiger partial charge in [0.2, 0.25) is 0 Å². The van der Waals surface area contributed by atoms with E-state index in [9.17, 15) is 0 Å². The van der Waals surface area contributed by atoms with E-state index in [0.717, 1.165) is 31.9 Å². The molecule has 1 aliphatic heterocycles. The second-order valence-corrected chi connectivity index (χ2v) is 6.27. The third kappa shape index (κ3) is 3.76. The minimum absolute atomic E-state index is 0.619. The van der Waals surface area contributed by atoms with E-state index < -0.39 is 0 Å². The Balaban J connectivity index is 1.41. The predicted octanol–water partition coefficient (Wildman–Crippen LogP) is 2.36. The van der Waals surface area contributed by atoms with Crippen LogP contribution in [0, 0.1) is 13.8 Å². The first-order valence-electron chi connectivity index (χ1n) is 8.20. The van der Waals surface area contributed by atoms with Crippen molar-refractivity contribution in [2.45, 2.75) is 39.4 Å². The van der Waals surface area contributed by atoms with Crippen molar-refractivity contribution in [2.75, 3.05) is 19.6 Å². The molecule has 4 nitrogen and oxygen atoms in total. The molecule has 2 heterocycles. The lowest BCUT2D eigenvalue weighted by atomic mass is 10.2. The first-order chi connectivity index (χ1) is 10.7. The van der Waals surface area contributed by atoms with E-state index in [4.69, 9.17) is 0 Å². The van der Waals surface area contributed by atoms with Crippen molar-refractivity contribution in [1.29, 1.82) is 0 Å². The molecule has 1 aromatic carbocycles. The molecule has 0 amide bonds. The van der Waals surface area contributed by atoms with Crippen LogP contribution in [0.2, 0.25) is 0 Å². The maximum atomic E-state index is 4.35. The monoisotopic (exact) mass is 298 g/mol. The number of imidazole rings is 1. The van der Waals surface area contributed by atoms with Gasteiger partial charge in [0, 0.05) is 44.5 Å². The first-order valence-corrected chi connectivity index (χ1v) is 8.20. The van der Waals surface area contributed by atoms with Crippen molar-refractivity contribution < 1.29 is 0 Å². The molecule has 118 valence electrons. The summed E-state index contributed by atoms with van der Waals surface area (Å²) in [4.78, 5) is 6.89. The topological polar surface area (TPSA) is 33.1 Å². The molecule has 1 N–H and O–H groups in total. The molecule has 0 radical (unpaired) electrons. The molecule has 0 spiro atoms. The Morgan fingerprint density at radius 3 is 2.77 bits per heavy atom. The van der Waals surface area contributed by atoms with Crippen LogP contribution in [0.25, 0.3) is 0 Å². The van der Waals surface area contributed by atoms with Gasteiger partial charge in [0.1, 0.15) is 0 Å². The van der Waals surface area contributed by atoms with Gasteiger partial charge in [-0.3, -0.25) is 4.90 Å². The van der Waals surface area contributed by atoms with Crippen LogP contribution >= 0.6 is 0 Å². The fourth-order valence-electron chi connectivity index (χ4n) is 3.14. The number of aryl methyl sites for hydroxylation is 1. The van der Waals surface area contributed by atoms with Gasteiger partial charge in [0.05, 0.1) is 12.0 Å². The van der Waals surface area contributed by atoms with Crippen LogP contribution in [0.15, 0.2) is 36.7 Å². The summed E-state index contributed by atoms with van der Waals surface area (Å²) in [5, 5.41) is 3.69. The number of benzene rings is 1. The Morgan fingerprint density at radius 2 is 2.05 bits per heavy atom. The molecule has 1 fully saturated rings.